The Hall–Kier alpha value is -1.69. The summed E-state index contributed by atoms with van der Waals surface area (Å²) in [6.45, 7) is 4.80. The summed E-state index contributed by atoms with van der Waals surface area (Å²) in [6.07, 6.45) is 3.15. The van der Waals surface area contributed by atoms with E-state index in [2.05, 4.69) is 57.3 Å². The zero-order chi connectivity index (χ0) is 19.0. The highest BCUT2D eigenvalue weighted by Gasteiger charge is 2.51. The quantitative estimate of drug-likeness (QED) is 0.744. The fourth-order valence-electron chi connectivity index (χ4n) is 4.82. The van der Waals surface area contributed by atoms with Gasteiger partial charge in [-0.15, -0.1) is 0 Å². The topological polar surface area (TPSA) is 41.6 Å². The van der Waals surface area contributed by atoms with E-state index in [1.807, 2.05) is 12.1 Å². The van der Waals surface area contributed by atoms with Gasteiger partial charge in [0, 0.05) is 11.0 Å². The molecular weight excluding hydrogens is 404 g/mol. The second-order valence-corrected chi connectivity index (χ2v) is 8.44. The second kappa shape index (κ2) is 7.38. The number of methoxy groups -OCH3 is 1. The van der Waals surface area contributed by atoms with Crippen LogP contribution in [0.15, 0.2) is 40.9 Å². The molecule has 2 aromatic carbocycles. The molecule has 2 heterocycles. The molecule has 0 aromatic heterocycles. The number of carbonyl (C=O) groups is 1. The zero-order valence-electron chi connectivity index (χ0n) is 15.8. The highest BCUT2D eigenvalue weighted by atomic mass is 79.9. The zero-order valence-corrected chi connectivity index (χ0v) is 17.4. The second-order valence-electron chi connectivity index (χ2n) is 7.52. The first-order valence-electron chi connectivity index (χ1n) is 9.45. The van der Waals surface area contributed by atoms with Gasteiger partial charge in [0.05, 0.1) is 18.7 Å². The summed E-state index contributed by atoms with van der Waals surface area (Å²) in [5, 5.41) is 3.49. The number of hydrogen-bond acceptors (Lipinski definition) is 4. The summed E-state index contributed by atoms with van der Waals surface area (Å²) < 4.78 is 6.38. The standard InChI is InChI=1S/C22H25BrN2O2/c1-15-11-17(23)12-19-21(15)20(14-26)25(22(19)7-9-24-10-8-22)13-16-3-5-18(27-2)6-4-16/h3-6,11-12,14,20,24H,7-10,13H2,1-2H3. The van der Waals surface area contributed by atoms with Crippen LogP contribution in [0.4, 0.5) is 0 Å². The predicted octanol–water partition coefficient (Wildman–Crippen LogP) is 4.10. The lowest BCUT2D eigenvalue weighted by molar-refractivity contribution is -0.115. The molecule has 142 valence electrons. The molecule has 1 saturated heterocycles. The van der Waals surface area contributed by atoms with Crippen LogP contribution >= 0.6 is 15.9 Å². The number of nitrogens with one attached hydrogen (secondary N) is 1. The number of benzene rings is 2. The summed E-state index contributed by atoms with van der Waals surface area (Å²) in [5.41, 5.74) is 4.81. The largest absolute Gasteiger partial charge is 0.497 e. The number of aldehydes is 1. The predicted molar refractivity (Wildman–Crippen MR) is 110 cm³/mol. The van der Waals surface area contributed by atoms with E-state index < -0.39 is 0 Å². The van der Waals surface area contributed by atoms with Gasteiger partial charge in [-0.1, -0.05) is 28.1 Å². The van der Waals surface area contributed by atoms with E-state index in [1.54, 1.807) is 7.11 Å². The van der Waals surface area contributed by atoms with Crippen molar-refractivity contribution in [3.8, 4) is 5.75 Å². The number of fused-ring (bicyclic) bond motifs is 2. The van der Waals surface area contributed by atoms with Crippen molar-refractivity contribution in [1.29, 1.82) is 0 Å². The molecule has 4 rings (SSSR count). The molecule has 1 N–H and O–H groups in total. The normalized spacial score (nSPS) is 21.2. The van der Waals surface area contributed by atoms with Gasteiger partial charge in [-0.2, -0.15) is 0 Å². The van der Waals surface area contributed by atoms with Gasteiger partial charge in [-0.05, 0) is 79.4 Å². The van der Waals surface area contributed by atoms with Gasteiger partial charge in [0.1, 0.15) is 12.0 Å². The van der Waals surface area contributed by atoms with E-state index in [1.165, 1.54) is 22.3 Å². The van der Waals surface area contributed by atoms with Crippen LogP contribution in [0.3, 0.4) is 0 Å². The minimum atomic E-state index is -0.201. The summed E-state index contributed by atoms with van der Waals surface area (Å²) in [4.78, 5) is 14.7. The molecule has 2 aliphatic heterocycles. The number of piperidine rings is 1. The molecule has 0 aliphatic carbocycles. The minimum Gasteiger partial charge on any atom is -0.497 e. The highest BCUT2D eigenvalue weighted by Crippen LogP contribution is 2.52. The van der Waals surface area contributed by atoms with Gasteiger partial charge in [0.25, 0.3) is 0 Å². The molecule has 1 atom stereocenters. The summed E-state index contributed by atoms with van der Waals surface area (Å²) in [5.74, 6) is 0.853. The van der Waals surface area contributed by atoms with Crippen molar-refractivity contribution >= 4 is 22.2 Å². The molecule has 2 aromatic rings. The molecule has 0 amide bonds. The third-order valence-corrected chi connectivity index (χ3v) is 6.56. The lowest BCUT2D eigenvalue weighted by Gasteiger charge is -2.44. The highest BCUT2D eigenvalue weighted by molar-refractivity contribution is 9.10. The molecule has 5 heteroatoms. The van der Waals surface area contributed by atoms with E-state index in [4.69, 9.17) is 4.74 Å². The van der Waals surface area contributed by atoms with E-state index in [-0.39, 0.29) is 11.6 Å². The number of halogens is 1. The third-order valence-electron chi connectivity index (χ3n) is 6.11. The summed E-state index contributed by atoms with van der Waals surface area (Å²) in [7, 11) is 1.68. The average molecular weight is 429 g/mol. The van der Waals surface area contributed by atoms with E-state index in [9.17, 15) is 4.79 Å². The number of carbonyl (C=O) groups excluding carboxylic acids is 1. The Morgan fingerprint density at radius 3 is 2.59 bits per heavy atom. The average Bonchev–Trinajstić information content (AvgIpc) is 2.92. The molecule has 1 fully saturated rings. The lowest BCUT2D eigenvalue weighted by Crippen LogP contribution is -2.49. The van der Waals surface area contributed by atoms with Crippen molar-refractivity contribution in [2.24, 2.45) is 0 Å². The van der Waals surface area contributed by atoms with Crippen LogP contribution in [0.1, 0.15) is 41.1 Å². The fourth-order valence-corrected chi connectivity index (χ4v) is 5.40. The Kier molecular flexibility index (Phi) is 5.10. The van der Waals surface area contributed by atoms with E-state index in [0.717, 1.165) is 49.0 Å². The van der Waals surface area contributed by atoms with Crippen molar-refractivity contribution in [2.75, 3.05) is 20.2 Å². The number of ether oxygens (including phenoxy) is 1. The van der Waals surface area contributed by atoms with Crippen LogP contribution in [0.5, 0.6) is 5.75 Å². The smallest absolute Gasteiger partial charge is 0.141 e. The fraction of sp³-hybridized carbons (Fsp3) is 0.409. The number of aryl methyl sites for hydroxylation is 1. The van der Waals surface area contributed by atoms with Crippen LogP contribution in [-0.2, 0) is 16.9 Å². The van der Waals surface area contributed by atoms with Crippen LogP contribution in [0.25, 0.3) is 0 Å². The van der Waals surface area contributed by atoms with Gasteiger partial charge in [0.2, 0.25) is 0 Å². The van der Waals surface area contributed by atoms with Gasteiger partial charge in [-0.3, -0.25) is 4.90 Å². The third kappa shape index (κ3) is 3.12. The lowest BCUT2D eigenvalue weighted by atomic mass is 9.80. The Morgan fingerprint density at radius 1 is 1.26 bits per heavy atom. The Labute approximate surface area is 169 Å². The van der Waals surface area contributed by atoms with Crippen LogP contribution in [0, 0.1) is 6.92 Å². The number of hydrogen-bond donors (Lipinski definition) is 1. The van der Waals surface area contributed by atoms with E-state index in [0.29, 0.717) is 0 Å². The SMILES string of the molecule is COc1ccc(CN2C(C=O)c3c(C)cc(Br)cc3C23CCNCC3)cc1. The van der Waals surface area contributed by atoms with Crippen molar-refractivity contribution < 1.29 is 9.53 Å². The molecule has 1 unspecified atom stereocenters. The molecule has 0 saturated carbocycles. The Bertz CT molecular complexity index is 844. The molecule has 27 heavy (non-hydrogen) atoms. The molecule has 0 radical (unpaired) electrons. The van der Waals surface area contributed by atoms with Crippen LogP contribution in [0.2, 0.25) is 0 Å². The number of nitrogens with zero attached hydrogens (tertiary/aromatic N) is 1. The van der Waals surface area contributed by atoms with Crippen molar-refractivity contribution in [3.63, 3.8) is 0 Å². The van der Waals surface area contributed by atoms with Crippen molar-refractivity contribution in [1.82, 2.24) is 10.2 Å². The Balaban J connectivity index is 1.80. The molecule has 0 bridgehead atoms. The first-order valence-corrected chi connectivity index (χ1v) is 10.2. The molecule has 4 nitrogen and oxygen atoms in total. The first kappa shape index (κ1) is 18.7. The molecule has 1 spiro atoms. The number of rotatable bonds is 4. The maximum atomic E-state index is 12.2. The molecular formula is C22H25BrN2O2. The molecule has 2 aliphatic rings. The van der Waals surface area contributed by atoms with Gasteiger partial charge >= 0.3 is 0 Å². The van der Waals surface area contributed by atoms with Crippen molar-refractivity contribution in [3.05, 3.63) is 63.1 Å². The maximum absolute atomic E-state index is 12.2. The van der Waals surface area contributed by atoms with Crippen molar-refractivity contribution in [2.45, 2.75) is 37.9 Å². The minimum absolute atomic E-state index is 0.0966. The first-order chi connectivity index (χ1) is 13.1. The summed E-state index contributed by atoms with van der Waals surface area (Å²) in [6, 6.07) is 12.3. The maximum Gasteiger partial charge on any atom is 0.141 e. The van der Waals surface area contributed by atoms with Gasteiger partial charge in [-0.25, -0.2) is 0 Å². The van der Waals surface area contributed by atoms with Gasteiger partial charge < -0.3 is 14.8 Å². The van der Waals surface area contributed by atoms with Gasteiger partial charge in [0.15, 0.2) is 0 Å². The van der Waals surface area contributed by atoms with E-state index >= 15 is 0 Å². The summed E-state index contributed by atoms with van der Waals surface area (Å²) >= 11 is 3.67. The van der Waals surface area contributed by atoms with Crippen LogP contribution < -0.4 is 10.1 Å². The van der Waals surface area contributed by atoms with Crippen LogP contribution in [-0.4, -0.2) is 31.4 Å². The Morgan fingerprint density at radius 2 is 1.96 bits per heavy atom. The monoisotopic (exact) mass is 428 g/mol.